The van der Waals surface area contributed by atoms with Crippen molar-refractivity contribution in [2.75, 3.05) is 24.6 Å². The second-order valence-corrected chi connectivity index (χ2v) is 7.89. The summed E-state index contributed by atoms with van der Waals surface area (Å²) in [5.74, 6) is 1.45. The van der Waals surface area contributed by atoms with Crippen molar-refractivity contribution in [1.29, 1.82) is 0 Å². The van der Waals surface area contributed by atoms with E-state index < -0.39 is 14.9 Å². The summed E-state index contributed by atoms with van der Waals surface area (Å²) in [7, 11) is -3.73. The Bertz CT molecular complexity index is 642. The quantitative estimate of drug-likeness (QED) is 0.625. The molecule has 1 aromatic carbocycles. The maximum absolute atomic E-state index is 12.5. The summed E-state index contributed by atoms with van der Waals surface area (Å²) >= 11 is 7.60. The highest BCUT2D eigenvalue weighted by Gasteiger charge is 2.29. The molecule has 20 heavy (non-hydrogen) atoms. The summed E-state index contributed by atoms with van der Waals surface area (Å²) in [5.41, 5.74) is -0.00715. The van der Waals surface area contributed by atoms with Gasteiger partial charge in [-0.1, -0.05) is 11.6 Å². The van der Waals surface area contributed by atoms with Gasteiger partial charge in [0, 0.05) is 36.2 Å². The average molecular weight is 337 g/mol. The topological polar surface area (TPSA) is 80.5 Å². The predicted molar refractivity (Wildman–Crippen MR) is 78.9 cm³/mol. The number of hydrogen-bond acceptors (Lipinski definition) is 5. The molecule has 0 bridgehead atoms. The third kappa shape index (κ3) is 2.93. The number of sulfonamides is 1. The lowest BCUT2D eigenvalue weighted by Crippen LogP contribution is -2.37. The molecule has 0 amide bonds. The van der Waals surface area contributed by atoms with Crippen LogP contribution in [0.1, 0.15) is 5.56 Å². The van der Waals surface area contributed by atoms with E-state index in [1.807, 2.05) is 0 Å². The maximum Gasteiger partial charge on any atom is 0.275 e. The fourth-order valence-corrected chi connectivity index (χ4v) is 4.82. The Labute approximate surface area is 126 Å². The molecule has 6 nitrogen and oxygen atoms in total. The van der Waals surface area contributed by atoms with Crippen LogP contribution in [0.4, 0.5) is 5.69 Å². The van der Waals surface area contributed by atoms with E-state index in [2.05, 4.69) is 0 Å². The maximum atomic E-state index is 12.5. The Morgan fingerprint density at radius 3 is 2.50 bits per heavy atom. The second-order valence-electron chi connectivity index (χ2n) is 4.32. The Morgan fingerprint density at radius 1 is 1.35 bits per heavy atom. The molecular weight excluding hydrogens is 324 g/mol. The zero-order valence-electron chi connectivity index (χ0n) is 10.7. The molecule has 0 aliphatic carbocycles. The van der Waals surface area contributed by atoms with Crippen molar-refractivity contribution in [3.05, 3.63) is 32.8 Å². The van der Waals surface area contributed by atoms with Crippen molar-refractivity contribution in [1.82, 2.24) is 4.31 Å². The first-order valence-corrected chi connectivity index (χ1v) is 8.84. The van der Waals surface area contributed by atoms with Gasteiger partial charge in [0.25, 0.3) is 5.69 Å². The fourth-order valence-electron chi connectivity index (χ4n) is 1.91. The van der Waals surface area contributed by atoms with Crippen LogP contribution in [0, 0.1) is 17.0 Å². The highest BCUT2D eigenvalue weighted by Crippen LogP contribution is 2.31. The van der Waals surface area contributed by atoms with Crippen LogP contribution >= 0.6 is 23.4 Å². The third-order valence-electron chi connectivity index (χ3n) is 3.09. The Kier molecular flexibility index (Phi) is 4.58. The van der Waals surface area contributed by atoms with Crippen LogP contribution in [0.15, 0.2) is 17.0 Å². The van der Waals surface area contributed by atoms with E-state index in [0.717, 1.165) is 17.6 Å². The molecular formula is C11H13ClN2O4S2. The van der Waals surface area contributed by atoms with Gasteiger partial charge < -0.3 is 0 Å². The van der Waals surface area contributed by atoms with Gasteiger partial charge in [-0.3, -0.25) is 10.1 Å². The highest BCUT2D eigenvalue weighted by molar-refractivity contribution is 7.99. The van der Waals surface area contributed by atoms with E-state index in [0.29, 0.717) is 13.1 Å². The van der Waals surface area contributed by atoms with E-state index >= 15 is 0 Å². The lowest BCUT2D eigenvalue weighted by molar-refractivity contribution is -0.385. The molecule has 0 atom stereocenters. The van der Waals surface area contributed by atoms with Crippen molar-refractivity contribution < 1.29 is 13.3 Å². The largest absolute Gasteiger partial charge is 0.275 e. The normalized spacial score (nSPS) is 17.1. The number of thioether (sulfide) groups is 1. The SMILES string of the molecule is Cc1c(Cl)cc(S(=O)(=O)N2CCSCC2)cc1[N+](=O)[O-]. The van der Waals surface area contributed by atoms with Crippen LogP contribution in [0.25, 0.3) is 0 Å². The molecule has 0 saturated carbocycles. The van der Waals surface area contributed by atoms with Crippen LogP contribution in [0.5, 0.6) is 0 Å². The molecule has 1 saturated heterocycles. The highest BCUT2D eigenvalue weighted by atomic mass is 35.5. The molecule has 0 N–H and O–H groups in total. The third-order valence-corrected chi connectivity index (χ3v) is 6.31. The van der Waals surface area contributed by atoms with Gasteiger partial charge in [-0.05, 0) is 13.0 Å². The Morgan fingerprint density at radius 2 is 1.95 bits per heavy atom. The smallest absolute Gasteiger partial charge is 0.258 e. The predicted octanol–water partition coefficient (Wildman–Crippen LogP) is 2.29. The zero-order valence-corrected chi connectivity index (χ0v) is 13.1. The summed E-state index contributed by atoms with van der Waals surface area (Å²) < 4.78 is 26.3. The zero-order chi connectivity index (χ0) is 14.9. The molecule has 1 heterocycles. The lowest BCUT2D eigenvalue weighted by atomic mass is 10.2. The molecule has 2 rings (SSSR count). The molecule has 0 unspecified atom stereocenters. The van der Waals surface area contributed by atoms with E-state index in [1.165, 1.54) is 17.3 Å². The molecule has 1 aromatic rings. The average Bonchev–Trinajstić information content (AvgIpc) is 2.42. The van der Waals surface area contributed by atoms with Gasteiger partial charge >= 0.3 is 0 Å². The number of nitrogens with zero attached hydrogens (tertiary/aromatic N) is 2. The first kappa shape index (κ1) is 15.6. The minimum Gasteiger partial charge on any atom is -0.258 e. The molecule has 110 valence electrons. The number of hydrogen-bond donors (Lipinski definition) is 0. The molecule has 0 aromatic heterocycles. The van der Waals surface area contributed by atoms with Crippen LogP contribution in [0.2, 0.25) is 5.02 Å². The summed E-state index contributed by atoms with van der Waals surface area (Å²) in [5, 5.41) is 11.1. The molecule has 1 aliphatic rings. The number of nitro groups is 1. The molecule has 1 fully saturated rings. The number of halogens is 1. The van der Waals surface area contributed by atoms with E-state index in [1.54, 1.807) is 11.8 Å². The number of rotatable bonds is 3. The molecule has 9 heteroatoms. The monoisotopic (exact) mass is 336 g/mol. The van der Waals surface area contributed by atoms with Gasteiger partial charge in [0.2, 0.25) is 10.0 Å². The second kappa shape index (κ2) is 5.88. The minimum absolute atomic E-state index is 0.0872. The van der Waals surface area contributed by atoms with E-state index in [4.69, 9.17) is 11.6 Å². The van der Waals surface area contributed by atoms with Crippen molar-refractivity contribution in [2.24, 2.45) is 0 Å². The van der Waals surface area contributed by atoms with Gasteiger partial charge in [-0.2, -0.15) is 16.1 Å². The summed E-state index contributed by atoms with van der Waals surface area (Å²) in [6, 6.07) is 2.36. The standard InChI is InChI=1S/C11H13ClN2O4S2/c1-8-10(12)6-9(7-11(8)14(15)16)20(17,18)13-2-4-19-5-3-13/h6-7H,2-5H2,1H3. The van der Waals surface area contributed by atoms with Crippen molar-refractivity contribution in [3.63, 3.8) is 0 Å². The minimum atomic E-state index is -3.73. The van der Waals surface area contributed by atoms with Crippen molar-refractivity contribution in [3.8, 4) is 0 Å². The molecule has 0 spiro atoms. The Balaban J connectivity index is 2.49. The van der Waals surface area contributed by atoms with Crippen molar-refractivity contribution in [2.45, 2.75) is 11.8 Å². The van der Waals surface area contributed by atoms with E-state index in [9.17, 15) is 18.5 Å². The van der Waals surface area contributed by atoms with Gasteiger partial charge in [0.05, 0.1) is 14.8 Å². The Hall–Kier alpha value is -0.830. The molecule has 1 aliphatic heterocycles. The van der Waals surface area contributed by atoms with Crippen molar-refractivity contribution >= 4 is 39.1 Å². The van der Waals surface area contributed by atoms with Gasteiger partial charge in [0.15, 0.2) is 0 Å². The van der Waals surface area contributed by atoms with Crippen LogP contribution < -0.4 is 0 Å². The van der Waals surface area contributed by atoms with Gasteiger partial charge in [-0.25, -0.2) is 8.42 Å². The summed E-state index contributed by atoms with van der Waals surface area (Å²) in [6.07, 6.45) is 0. The number of benzene rings is 1. The first-order chi connectivity index (χ1) is 9.34. The summed E-state index contributed by atoms with van der Waals surface area (Å²) in [6.45, 7) is 2.31. The first-order valence-electron chi connectivity index (χ1n) is 5.86. The fraction of sp³-hybridized carbons (Fsp3) is 0.455. The van der Waals surface area contributed by atoms with Gasteiger partial charge in [0.1, 0.15) is 0 Å². The number of nitro benzene ring substituents is 1. The van der Waals surface area contributed by atoms with E-state index in [-0.39, 0.29) is 21.2 Å². The molecule has 0 radical (unpaired) electrons. The lowest BCUT2D eigenvalue weighted by Gasteiger charge is -2.25. The summed E-state index contributed by atoms with van der Waals surface area (Å²) in [4.78, 5) is 10.2. The van der Waals surface area contributed by atoms with Gasteiger partial charge in [-0.15, -0.1) is 0 Å². The van der Waals surface area contributed by atoms with Crippen LogP contribution in [-0.2, 0) is 10.0 Å². The van der Waals surface area contributed by atoms with Crippen LogP contribution in [-0.4, -0.2) is 42.2 Å². The van der Waals surface area contributed by atoms with Crippen LogP contribution in [0.3, 0.4) is 0 Å².